The van der Waals surface area contributed by atoms with Crippen LogP contribution in [0, 0.1) is 0 Å². The second-order valence-corrected chi connectivity index (χ2v) is 6.19. The van der Waals surface area contributed by atoms with Gasteiger partial charge < -0.3 is 5.32 Å². The number of anilines is 1. The van der Waals surface area contributed by atoms with Gasteiger partial charge >= 0.3 is 5.69 Å². The van der Waals surface area contributed by atoms with Gasteiger partial charge in [-0.05, 0) is 55.2 Å². The lowest BCUT2D eigenvalue weighted by atomic mass is 10.1. The van der Waals surface area contributed by atoms with E-state index in [0.717, 1.165) is 30.7 Å². The Morgan fingerprint density at radius 3 is 2.67 bits per heavy atom. The number of hydrogen-bond acceptors (Lipinski definition) is 5. The Kier molecular flexibility index (Phi) is 6.04. The van der Waals surface area contributed by atoms with Gasteiger partial charge in [-0.15, -0.1) is 0 Å². The number of rotatable bonds is 7. The minimum Gasteiger partial charge on any atom is -0.311 e. The number of nitrogens with one attached hydrogen (secondary N) is 1. The third-order valence-electron chi connectivity index (χ3n) is 4.04. The van der Waals surface area contributed by atoms with E-state index < -0.39 is 0 Å². The van der Waals surface area contributed by atoms with E-state index in [0.29, 0.717) is 6.54 Å². The molecule has 0 radical (unpaired) electrons. The first-order chi connectivity index (χ1) is 13.1. The molecule has 0 spiro atoms. The molecule has 1 amide bonds. The Hall–Kier alpha value is -3.35. The number of hydrogen-bond donors (Lipinski definition) is 1. The van der Waals surface area contributed by atoms with E-state index in [4.69, 9.17) is 0 Å². The molecule has 3 heterocycles. The quantitative estimate of drug-likeness (QED) is 0.652. The van der Waals surface area contributed by atoms with Crippen molar-refractivity contribution < 1.29 is 4.79 Å². The highest BCUT2D eigenvalue weighted by molar-refractivity contribution is 5.87. The normalized spacial score (nSPS) is 10.6. The molecule has 7 heteroatoms. The summed E-state index contributed by atoms with van der Waals surface area (Å²) < 4.78 is 1.55. The summed E-state index contributed by atoms with van der Waals surface area (Å²) in [6.07, 6.45) is 7.90. The van der Waals surface area contributed by atoms with E-state index in [2.05, 4.69) is 26.3 Å². The summed E-state index contributed by atoms with van der Waals surface area (Å²) in [7, 11) is 0. The molecule has 3 aromatic heterocycles. The zero-order valence-corrected chi connectivity index (χ0v) is 15.1. The van der Waals surface area contributed by atoms with Gasteiger partial charge in [0, 0.05) is 32.1 Å². The standard InChI is InChI=1S/C20H21N5O2/c1-15(26)23-19-9-13-25(20(27)24-19)12-5-3-6-16-8-11-22-18(14-16)17-7-2-4-10-21-17/h2,4,7-11,13-14H,3,5-6,12H2,1H3,(H,23,24,26,27). The average Bonchev–Trinajstić information content (AvgIpc) is 2.67. The van der Waals surface area contributed by atoms with Crippen LogP contribution in [0.3, 0.4) is 0 Å². The smallest absolute Gasteiger partial charge is 0.311 e. The van der Waals surface area contributed by atoms with Crippen LogP contribution >= 0.6 is 0 Å². The fraction of sp³-hybridized carbons (Fsp3) is 0.250. The second-order valence-electron chi connectivity index (χ2n) is 6.19. The average molecular weight is 363 g/mol. The summed E-state index contributed by atoms with van der Waals surface area (Å²) >= 11 is 0. The van der Waals surface area contributed by atoms with Gasteiger partial charge in [0.2, 0.25) is 5.91 Å². The highest BCUT2D eigenvalue weighted by atomic mass is 16.2. The number of aryl methyl sites for hydroxylation is 2. The molecule has 0 aliphatic carbocycles. The van der Waals surface area contributed by atoms with Crippen LogP contribution in [0.2, 0.25) is 0 Å². The van der Waals surface area contributed by atoms with Crippen LogP contribution in [0.1, 0.15) is 25.3 Å². The van der Waals surface area contributed by atoms with E-state index in [1.165, 1.54) is 12.5 Å². The van der Waals surface area contributed by atoms with Crippen LogP contribution in [0.25, 0.3) is 11.4 Å². The lowest BCUT2D eigenvalue weighted by Gasteiger charge is -2.07. The van der Waals surface area contributed by atoms with Gasteiger partial charge in [-0.25, -0.2) is 4.79 Å². The first-order valence-corrected chi connectivity index (χ1v) is 8.83. The predicted octanol–water partition coefficient (Wildman–Crippen LogP) is 2.68. The summed E-state index contributed by atoms with van der Waals surface area (Å²) in [5.74, 6) is 0.0321. The first-order valence-electron chi connectivity index (χ1n) is 8.83. The minimum absolute atomic E-state index is 0.248. The van der Waals surface area contributed by atoms with E-state index >= 15 is 0 Å². The predicted molar refractivity (Wildman–Crippen MR) is 103 cm³/mol. The molecule has 0 unspecified atom stereocenters. The number of carbonyl (C=O) groups is 1. The topological polar surface area (TPSA) is 89.8 Å². The third kappa shape index (κ3) is 5.31. The van der Waals surface area contributed by atoms with Gasteiger partial charge in [0.25, 0.3) is 0 Å². The number of amides is 1. The molecule has 3 rings (SSSR count). The molecule has 0 fully saturated rings. The van der Waals surface area contributed by atoms with E-state index in [-0.39, 0.29) is 17.4 Å². The fourth-order valence-electron chi connectivity index (χ4n) is 2.74. The molecular weight excluding hydrogens is 342 g/mol. The molecule has 0 aliphatic rings. The fourth-order valence-corrected chi connectivity index (χ4v) is 2.74. The number of nitrogens with zero attached hydrogens (tertiary/aromatic N) is 4. The molecule has 138 valence electrons. The van der Waals surface area contributed by atoms with E-state index in [1.54, 1.807) is 29.2 Å². The van der Waals surface area contributed by atoms with Crippen LogP contribution < -0.4 is 11.0 Å². The maximum absolute atomic E-state index is 12.0. The first kappa shape index (κ1) is 18.4. The lowest BCUT2D eigenvalue weighted by molar-refractivity contribution is -0.114. The Morgan fingerprint density at radius 2 is 1.93 bits per heavy atom. The van der Waals surface area contributed by atoms with E-state index in [9.17, 15) is 9.59 Å². The van der Waals surface area contributed by atoms with Crippen LogP contribution in [-0.2, 0) is 17.8 Å². The molecule has 0 bridgehead atoms. The largest absolute Gasteiger partial charge is 0.349 e. The number of pyridine rings is 2. The minimum atomic E-state index is -0.359. The van der Waals surface area contributed by atoms with Gasteiger partial charge in [-0.2, -0.15) is 4.98 Å². The van der Waals surface area contributed by atoms with Gasteiger partial charge in [-0.3, -0.25) is 19.3 Å². The van der Waals surface area contributed by atoms with Crippen LogP contribution in [0.15, 0.2) is 59.8 Å². The molecule has 0 aliphatic heterocycles. The number of carbonyl (C=O) groups excluding carboxylic acids is 1. The number of unbranched alkanes of at least 4 members (excludes halogenated alkanes) is 1. The summed E-state index contributed by atoms with van der Waals surface area (Å²) in [6.45, 7) is 1.97. The van der Waals surface area contributed by atoms with Gasteiger partial charge in [0.15, 0.2) is 0 Å². The third-order valence-corrected chi connectivity index (χ3v) is 4.04. The van der Waals surface area contributed by atoms with Crippen molar-refractivity contribution >= 4 is 11.7 Å². The monoisotopic (exact) mass is 363 g/mol. The molecule has 0 saturated carbocycles. The van der Waals surface area contributed by atoms with Crippen LogP contribution in [0.5, 0.6) is 0 Å². The Morgan fingerprint density at radius 1 is 1.07 bits per heavy atom. The second kappa shape index (κ2) is 8.84. The molecule has 7 nitrogen and oxygen atoms in total. The molecule has 0 aromatic carbocycles. The molecule has 3 aromatic rings. The van der Waals surface area contributed by atoms with Crippen molar-refractivity contribution in [2.75, 3.05) is 5.32 Å². The molecule has 0 saturated heterocycles. The van der Waals surface area contributed by atoms with Crippen molar-refractivity contribution in [3.05, 3.63) is 71.0 Å². The molecule has 1 N–H and O–H groups in total. The van der Waals surface area contributed by atoms with E-state index in [1.807, 2.05) is 24.3 Å². The van der Waals surface area contributed by atoms with Gasteiger partial charge in [0.05, 0.1) is 11.4 Å². The molecular formula is C20H21N5O2. The Bertz CT molecular complexity index is 969. The maximum atomic E-state index is 12.0. The van der Waals surface area contributed by atoms with Crippen molar-refractivity contribution in [1.82, 2.24) is 19.5 Å². The summed E-state index contributed by atoms with van der Waals surface area (Å²) in [5.41, 5.74) is 2.55. The van der Waals surface area contributed by atoms with Crippen molar-refractivity contribution in [1.29, 1.82) is 0 Å². The maximum Gasteiger partial charge on any atom is 0.349 e. The Labute approximate surface area is 157 Å². The van der Waals surface area contributed by atoms with Crippen molar-refractivity contribution in [3.63, 3.8) is 0 Å². The highest BCUT2D eigenvalue weighted by Crippen LogP contribution is 2.16. The van der Waals surface area contributed by atoms with Gasteiger partial charge in [-0.1, -0.05) is 6.07 Å². The number of aromatic nitrogens is 4. The summed E-state index contributed by atoms with van der Waals surface area (Å²) in [5, 5.41) is 2.51. The van der Waals surface area contributed by atoms with Gasteiger partial charge in [0.1, 0.15) is 5.82 Å². The zero-order valence-electron chi connectivity index (χ0n) is 15.1. The zero-order chi connectivity index (χ0) is 19.1. The summed E-state index contributed by atoms with van der Waals surface area (Å²) in [6, 6.07) is 11.5. The summed E-state index contributed by atoms with van der Waals surface area (Å²) in [4.78, 5) is 35.5. The van der Waals surface area contributed by atoms with Crippen molar-refractivity contribution in [3.8, 4) is 11.4 Å². The van der Waals surface area contributed by atoms with Crippen molar-refractivity contribution in [2.24, 2.45) is 0 Å². The molecule has 0 atom stereocenters. The Balaban J connectivity index is 1.53. The van der Waals surface area contributed by atoms with Crippen molar-refractivity contribution in [2.45, 2.75) is 32.7 Å². The van der Waals surface area contributed by atoms with Crippen LogP contribution in [0.4, 0.5) is 5.82 Å². The lowest BCUT2D eigenvalue weighted by Crippen LogP contribution is -2.24. The SMILES string of the molecule is CC(=O)Nc1ccn(CCCCc2ccnc(-c3ccccn3)c2)c(=O)n1. The van der Waals surface area contributed by atoms with Crippen LogP contribution in [-0.4, -0.2) is 25.4 Å². The molecule has 27 heavy (non-hydrogen) atoms. The highest BCUT2D eigenvalue weighted by Gasteiger charge is 2.04.